The lowest BCUT2D eigenvalue weighted by molar-refractivity contribution is -0.136. The molecule has 2 heterocycles. The lowest BCUT2D eigenvalue weighted by Crippen LogP contribution is -2.48. The van der Waals surface area contributed by atoms with Gasteiger partial charge in [-0.1, -0.05) is 54.6 Å². The predicted octanol–water partition coefficient (Wildman–Crippen LogP) is 3.29. The zero-order valence-electron chi connectivity index (χ0n) is 14.6. The van der Waals surface area contributed by atoms with Crippen LogP contribution in [0.1, 0.15) is 24.0 Å². The first-order valence-corrected chi connectivity index (χ1v) is 9.03. The molecule has 1 amide bonds. The maximum atomic E-state index is 13.2. The van der Waals surface area contributed by atoms with Crippen LogP contribution in [-0.4, -0.2) is 34.0 Å². The van der Waals surface area contributed by atoms with E-state index in [9.17, 15) is 9.90 Å². The largest absolute Gasteiger partial charge is 0.394 e. The average Bonchev–Trinajstić information content (AvgIpc) is 3.14. The van der Waals surface area contributed by atoms with Crippen LogP contribution >= 0.6 is 0 Å². The molecule has 0 saturated carbocycles. The van der Waals surface area contributed by atoms with Crippen LogP contribution in [0.5, 0.6) is 0 Å². The second-order valence-corrected chi connectivity index (χ2v) is 6.90. The molecule has 1 fully saturated rings. The van der Waals surface area contributed by atoms with E-state index in [-0.39, 0.29) is 12.5 Å². The van der Waals surface area contributed by atoms with Gasteiger partial charge in [0.2, 0.25) is 5.91 Å². The number of rotatable bonds is 4. The Balaban J connectivity index is 1.67. The van der Waals surface area contributed by atoms with Crippen molar-refractivity contribution in [1.82, 2.24) is 9.88 Å². The molecule has 26 heavy (non-hydrogen) atoms. The summed E-state index contributed by atoms with van der Waals surface area (Å²) in [4.78, 5) is 19.3. The van der Waals surface area contributed by atoms with E-state index in [2.05, 4.69) is 4.98 Å². The zero-order chi connectivity index (χ0) is 18.0. The molecule has 0 bridgehead atoms. The minimum atomic E-state index is -0.615. The lowest BCUT2D eigenvalue weighted by atomic mass is 9.87. The van der Waals surface area contributed by atoms with E-state index in [0.29, 0.717) is 13.0 Å². The summed E-state index contributed by atoms with van der Waals surface area (Å²) in [5.41, 5.74) is 1.32. The van der Waals surface area contributed by atoms with Gasteiger partial charge < -0.3 is 10.0 Å². The Morgan fingerprint density at radius 3 is 2.65 bits per heavy atom. The van der Waals surface area contributed by atoms with E-state index in [1.54, 1.807) is 6.20 Å². The molecule has 1 aliphatic rings. The molecule has 1 saturated heterocycles. The second kappa shape index (κ2) is 6.89. The van der Waals surface area contributed by atoms with Gasteiger partial charge in [0.25, 0.3) is 0 Å². The highest BCUT2D eigenvalue weighted by atomic mass is 16.3. The molecular formula is C22H22N2O2. The number of carbonyl (C=O) groups excluding carboxylic acids is 1. The molecule has 2 aromatic carbocycles. The first kappa shape index (κ1) is 16.7. The summed E-state index contributed by atoms with van der Waals surface area (Å²) in [7, 11) is 0. The van der Waals surface area contributed by atoms with Crippen molar-refractivity contribution in [3.8, 4) is 0 Å². The van der Waals surface area contributed by atoms with Crippen molar-refractivity contribution in [2.45, 2.75) is 24.8 Å². The van der Waals surface area contributed by atoms with Gasteiger partial charge in [0.15, 0.2) is 0 Å². The summed E-state index contributed by atoms with van der Waals surface area (Å²) >= 11 is 0. The van der Waals surface area contributed by atoms with Gasteiger partial charge in [-0.15, -0.1) is 0 Å². The third-order valence-corrected chi connectivity index (χ3v) is 5.45. The molecule has 132 valence electrons. The van der Waals surface area contributed by atoms with Crippen LogP contribution in [0.4, 0.5) is 0 Å². The molecule has 1 atom stereocenters. The highest BCUT2D eigenvalue weighted by molar-refractivity contribution is 5.89. The number of likely N-dealkylation sites (tertiary alicyclic amines) is 1. The molecule has 1 N–H and O–H groups in total. The Labute approximate surface area is 153 Å². The van der Waals surface area contributed by atoms with Crippen LogP contribution < -0.4 is 0 Å². The number of aliphatic hydroxyl groups is 1. The van der Waals surface area contributed by atoms with Gasteiger partial charge in [0, 0.05) is 24.3 Å². The number of hydrogen-bond donors (Lipinski definition) is 1. The number of fused-ring (bicyclic) bond motifs is 1. The number of hydrogen-bond acceptors (Lipinski definition) is 3. The van der Waals surface area contributed by atoms with Gasteiger partial charge in [-0.3, -0.25) is 9.78 Å². The number of carbonyl (C=O) groups is 1. The van der Waals surface area contributed by atoms with Crippen LogP contribution in [0.25, 0.3) is 10.8 Å². The Morgan fingerprint density at radius 2 is 1.85 bits per heavy atom. The summed E-state index contributed by atoms with van der Waals surface area (Å²) in [6, 6.07) is 17.9. The number of benzene rings is 2. The van der Waals surface area contributed by atoms with E-state index < -0.39 is 5.54 Å². The van der Waals surface area contributed by atoms with Crippen molar-refractivity contribution < 1.29 is 9.90 Å². The lowest BCUT2D eigenvalue weighted by Gasteiger charge is -2.38. The van der Waals surface area contributed by atoms with Crippen molar-refractivity contribution in [3.05, 3.63) is 78.1 Å². The average molecular weight is 346 g/mol. The highest BCUT2D eigenvalue weighted by Gasteiger charge is 2.44. The van der Waals surface area contributed by atoms with Crippen LogP contribution in [0.15, 0.2) is 67.0 Å². The third kappa shape index (κ3) is 2.76. The predicted molar refractivity (Wildman–Crippen MR) is 102 cm³/mol. The molecule has 4 heteroatoms. The summed E-state index contributed by atoms with van der Waals surface area (Å²) in [5, 5.41) is 12.3. The highest BCUT2D eigenvalue weighted by Crippen LogP contribution is 2.39. The topological polar surface area (TPSA) is 53.4 Å². The normalized spacial score (nSPS) is 19.8. The zero-order valence-corrected chi connectivity index (χ0v) is 14.6. The molecule has 0 aliphatic carbocycles. The maximum Gasteiger partial charge on any atom is 0.227 e. The first-order chi connectivity index (χ1) is 12.7. The number of aliphatic hydroxyl groups excluding tert-OH is 1. The third-order valence-electron chi connectivity index (χ3n) is 5.45. The molecule has 1 aliphatic heterocycles. The van der Waals surface area contributed by atoms with Gasteiger partial charge in [0.1, 0.15) is 0 Å². The Hall–Kier alpha value is -2.72. The monoisotopic (exact) mass is 346 g/mol. The fraction of sp³-hybridized carbons (Fsp3) is 0.273. The Kier molecular flexibility index (Phi) is 4.43. The molecule has 4 nitrogen and oxygen atoms in total. The van der Waals surface area contributed by atoms with Crippen LogP contribution in [0.3, 0.4) is 0 Å². The summed E-state index contributed by atoms with van der Waals surface area (Å²) in [5.74, 6) is 0.0403. The molecule has 0 radical (unpaired) electrons. The van der Waals surface area contributed by atoms with Crippen molar-refractivity contribution in [1.29, 1.82) is 0 Å². The van der Waals surface area contributed by atoms with Gasteiger partial charge in [-0.25, -0.2) is 0 Å². The fourth-order valence-electron chi connectivity index (χ4n) is 4.12. The van der Waals surface area contributed by atoms with E-state index in [0.717, 1.165) is 34.7 Å². The SMILES string of the molecule is O=C(Cc1cncc2ccccc12)N1CCCC1(CO)c1ccccc1. The summed E-state index contributed by atoms with van der Waals surface area (Å²) in [6.07, 6.45) is 5.57. The summed E-state index contributed by atoms with van der Waals surface area (Å²) < 4.78 is 0. The van der Waals surface area contributed by atoms with Gasteiger partial charge in [-0.05, 0) is 29.4 Å². The van der Waals surface area contributed by atoms with Crippen LogP contribution in [-0.2, 0) is 16.8 Å². The van der Waals surface area contributed by atoms with E-state index in [1.165, 1.54) is 0 Å². The van der Waals surface area contributed by atoms with Gasteiger partial charge in [0.05, 0.1) is 18.6 Å². The smallest absolute Gasteiger partial charge is 0.227 e. The molecule has 1 unspecified atom stereocenters. The molecule has 4 rings (SSSR count). The Bertz CT molecular complexity index is 920. The number of amides is 1. The van der Waals surface area contributed by atoms with Gasteiger partial charge >= 0.3 is 0 Å². The number of pyridine rings is 1. The van der Waals surface area contributed by atoms with E-state index in [1.807, 2.05) is 65.7 Å². The van der Waals surface area contributed by atoms with Crippen LogP contribution in [0.2, 0.25) is 0 Å². The van der Waals surface area contributed by atoms with Crippen molar-refractivity contribution in [3.63, 3.8) is 0 Å². The fourth-order valence-corrected chi connectivity index (χ4v) is 4.12. The van der Waals surface area contributed by atoms with Gasteiger partial charge in [-0.2, -0.15) is 0 Å². The minimum absolute atomic E-state index is 0.0403. The molecule has 0 spiro atoms. The van der Waals surface area contributed by atoms with Crippen molar-refractivity contribution in [2.24, 2.45) is 0 Å². The maximum absolute atomic E-state index is 13.2. The van der Waals surface area contributed by atoms with Crippen molar-refractivity contribution in [2.75, 3.05) is 13.2 Å². The van der Waals surface area contributed by atoms with E-state index >= 15 is 0 Å². The molecular weight excluding hydrogens is 324 g/mol. The minimum Gasteiger partial charge on any atom is -0.394 e. The quantitative estimate of drug-likeness (QED) is 0.789. The summed E-state index contributed by atoms with van der Waals surface area (Å²) in [6.45, 7) is 0.614. The first-order valence-electron chi connectivity index (χ1n) is 9.03. The van der Waals surface area contributed by atoms with Crippen LogP contribution in [0, 0.1) is 0 Å². The molecule has 1 aromatic heterocycles. The Morgan fingerprint density at radius 1 is 1.08 bits per heavy atom. The second-order valence-electron chi connectivity index (χ2n) is 6.90. The molecule has 3 aromatic rings. The number of aromatic nitrogens is 1. The standard InChI is InChI=1S/C22H22N2O2/c25-16-22(19-8-2-1-3-9-19)11-6-12-24(22)21(26)13-18-15-23-14-17-7-4-5-10-20(17)18/h1-5,7-10,14-15,25H,6,11-13,16H2. The number of nitrogens with zero attached hydrogens (tertiary/aromatic N) is 2. The van der Waals surface area contributed by atoms with Crippen molar-refractivity contribution >= 4 is 16.7 Å². The van der Waals surface area contributed by atoms with E-state index in [4.69, 9.17) is 0 Å².